The first kappa shape index (κ1) is 22.0. The summed E-state index contributed by atoms with van der Waals surface area (Å²) in [5.41, 5.74) is 3.00. The summed E-state index contributed by atoms with van der Waals surface area (Å²) < 4.78 is 2.19. The molecule has 0 radical (unpaired) electrons. The highest BCUT2D eigenvalue weighted by atomic mass is 31.0. The number of benzene rings is 3. The van der Waals surface area contributed by atoms with Crippen LogP contribution in [0.4, 0.5) is 5.69 Å². The van der Waals surface area contributed by atoms with Crippen molar-refractivity contribution in [2.75, 3.05) is 18.4 Å². The Balaban J connectivity index is 1.63. The van der Waals surface area contributed by atoms with Gasteiger partial charge in [-0.2, -0.15) is 0 Å². The molecule has 3 N–H and O–H groups in total. The number of phenolic OH excluding ortho intramolecular Hbond substituents is 1. The van der Waals surface area contributed by atoms with E-state index in [-0.39, 0.29) is 22.6 Å². The van der Waals surface area contributed by atoms with E-state index >= 15 is 0 Å². The highest BCUT2D eigenvalue weighted by Gasteiger charge is 2.22. The lowest BCUT2D eigenvalue weighted by molar-refractivity contribution is 0.0698. The molecule has 0 saturated carbocycles. The number of aromatic hydroxyl groups is 1. The Morgan fingerprint density at radius 2 is 1.62 bits per heavy atom. The van der Waals surface area contributed by atoms with Crippen LogP contribution < -0.4 is 5.32 Å². The fourth-order valence-corrected chi connectivity index (χ4v) is 4.35. The summed E-state index contributed by atoms with van der Waals surface area (Å²) in [4.78, 5) is 24.8. The van der Waals surface area contributed by atoms with Gasteiger partial charge in [0, 0.05) is 13.1 Å². The number of aromatic carboxylic acids is 1. The van der Waals surface area contributed by atoms with Gasteiger partial charge in [-0.25, -0.2) is 4.79 Å². The lowest BCUT2D eigenvalue weighted by Crippen LogP contribution is -2.25. The molecule has 3 aromatic rings. The normalized spacial score (nSPS) is 14.8. The first-order chi connectivity index (χ1) is 15.4. The van der Waals surface area contributed by atoms with Crippen molar-refractivity contribution in [2.24, 2.45) is 0 Å². The van der Waals surface area contributed by atoms with Crippen molar-refractivity contribution in [3.05, 3.63) is 83.4 Å². The van der Waals surface area contributed by atoms with Crippen LogP contribution in [0.2, 0.25) is 0 Å². The number of carbonyl (C=O) groups excluding carboxylic acids is 1. The molecule has 1 aliphatic heterocycles. The molecule has 6 nitrogen and oxygen atoms in total. The number of carboxylic acid groups (broad SMARTS) is 1. The van der Waals surface area contributed by atoms with Crippen LogP contribution >= 0.6 is 9.39 Å². The van der Waals surface area contributed by atoms with Crippen LogP contribution in [0.1, 0.15) is 45.0 Å². The third-order valence-electron chi connectivity index (χ3n) is 5.87. The molecule has 0 aliphatic carbocycles. The predicted molar refractivity (Wildman–Crippen MR) is 128 cm³/mol. The van der Waals surface area contributed by atoms with Gasteiger partial charge in [-0.15, -0.1) is 0 Å². The minimum atomic E-state index is -1.14. The smallest absolute Gasteiger partial charge is 0.337 e. The van der Waals surface area contributed by atoms with E-state index in [1.807, 2.05) is 36.4 Å². The Morgan fingerprint density at radius 3 is 2.31 bits per heavy atom. The summed E-state index contributed by atoms with van der Waals surface area (Å²) in [7, 11) is 2.72. The number of carbonyl (C=O) groups is 2. The summed E-state index contributed by atoms with van der Waals surface area (Å²) in [6.07, 6.45) is 1.94. The Labute approximate surface area is 189 Å². The van der Waals surface area contributed by atoms with Gasteiger partial charge in [0.1, 0.15) is 5.75 Å². The number of piperidine rings is 1. The third-order valence-corrected chi connectivity index (χ3v) is 6.39. The van der Waals surface area contributed by atoms with Gasteiger partial charge in [-0.05, 0) is 59.7 Å². The second-order valence-electron chi connectivity index (χ2n) is 7.97. The molecule has 1 saturated heterocycles. The molecule has 3 aromatic carbocycles. The van der Waals surface area contributed by atoms with E-state index in [1.165, 1.54) is 12.1 Å². The molecule has 1 fully saturated rings. The topological polar surface area (TPSA) is 89.9 Å². The number of hydrogen-bond donors (Lipinski definition) is 3. The second kappa shape index (κ2) is 9.51. The molecule has 1 atom stereocenters. The molecule has 1 amide bonds. The molecule has 1 aliphatic rings. The molecule has 7 heteroatoms. The van der Waals surface area contributed by atoms with Crippen LogP contribution in [-0.2, 0) is 0 Å². The number of carboxylic acids is 1. The number of nitrogens with zero attached hydrogens (tertiary/aromatic N) is 1. The van der Waals surface area contributed by atoms with E-state index in [0.717, 1.165) is 42.6 Å². The van der Waals surface area contributed by atoms with Crippen LogP contribution in [0.25, 0.3) is 11.1 Å². The monoisotopic (exact) mass is 448 g/mol. The van der Waals surface area contributed by atoms with Crippen molar-refractivity contribution in [3.63, 3.8) is 0 Å². The predicted octanol–water partition coefficient (Wildman–Crippen LogP) is 4.98. The quantitative estimate of drug-likeness (QED) is 0.479. The first-order valence-electron chi connectivity index (χ1n) is 10.5. The molecule has 0 bridgehead atoms. The number of phenols is 1. The van der Waals surface area contributed by atoms with Gasteiger partial charge in [0.2, 0.25) is 0 Å². The van der Waals surface area contributed by atoms with E-state index in [2.05, 4.69) is 19.4 Å². The first-order valence-corrected chi connectivity index (χ1v) is 11.0. The van der Waals surface area contributed by atoms with Gasteiger partial charge in [0.05, 0.1) is 16.8 Å². The van der Waals surface area contributed by atoms with Crippen molar-refractivity contribution in [2.45, 2.75) is 18.8 Å². The van der Waals surface area contributed by atoms with Gasteiger partial charge in [-0.1, -0.05) is 51.9 Å². The van der Waals surface area contributed by atoms with Crippen LogP contribution in [-0.4, -0.2) is 39.8 Å². The van der Waals surface area contributed by atoms with Gasteiger partial charge < -0.3 is 15.5 Å². The summed E-state index contributed by atoms with van der Waals surface area (Å²) in [6, 6.07) is 19.5. The summed E-state index contributed by atoms with van der Waals surface area (Å²) in [6.45, 7) is 1.90. The lowest BCUT2D eigenvalue weighted by Gasteiger charge is -2.29. The zero-order valence-corrected chi connectivity index (χ0v) is 18.6. The number of amides is 1. The van der Waals surface area contributed by atoms with Crippen LogP contribution in [0.5, 0.6) is 5.75 Å². The molecule has 1 unspecified atom stereocenters. The van der Waals surface area contributed by atoms with Crippen molar-refractivity contribution in [1.29, 1.82) is 0 Å². The fraction of sp³-hybridized carbons (Fsp3) is 0.200. The van der Waals surface area contributed by atoms with Crippen LogP contribution in [0, 0.1) is 0 Å². The Morgan fingerprint density at radius 1 is 0.906 bits per heavy atom. The molecule has 32 heavy (non-hydrogen) atoms. The minimum Gasteiger partial charge on any atom is -0.507 e. The molecule has 4 rings (SSSR count). The van der Waals surface area contributed by atoms with Gasteiger partial charge >= 0.3 is 5.97 Å². The SMILES string of the molecule is O=C(Nc1cc(-c2ccccc2)ccc1C(=O)O)c1cc(C2CCN(P)CC2)ccc1O. The summed E-state index contributed by atoms with van der Waals surface area (Å²) >= 11 is 0. The Kier molecular flexibility index (Phi) is 6.54. The van der Waals surface area contributed by atoms with E-state index in [0.29, 0.717) is 5.92 Å². The maximum atomic E-state index is 13.1. The molecule has 1 heterocycles. The number of hydrogen-bond acceptors (Lipinski definition) is 4. The van der Waals surface area contributed by atoms with Crippen molar-refractivity contribution in [1.82, 2.24) is 4.67 Å². The zero-order valence-electron chi connectivity index (χ0n) is 17.5. The lowest BCUT2D eigenvalue weighted by atomic mass is 9.89. The minimum absolute atomic E-state index is 0.0125. The summed E-state index contributed by atoms with van der Waals surface area (Å²) in [5, 5.41) is 22.6. The molecule has 0 spiro atoms. The van der Waals surface area contributed by atoms with E-state index < -0.39 is 11.9 Å². The van der Waals surface area contributed by atoms with Crippen LogP contribution in [0.15, 0.2) is 66.7 Å². The van der Waals surface area contributed by atoms with E-state index in [9.17, 15) is 19.8 Å². The number of anilines is 1. The molecular weight excluding hydrogens is 423 g/mol. The standard InChI is InChI=1S/C25H25N2O4P/c28-23-9-7-18(17-10-12-27(32)13-11-17)14-21(23)24(29)26-22-15-19(6-8-20(22)25(30)31)16-4-2-1-3-5-16/h1-9,14-15,17,28H,10-13,32H2,(H,26,29)(H,30,31). The van der Waals surface area contributed by atoms with E-state index in [4.69, 9.17) is 0 Å². The van der Waals surface area contributed by atoms with Crippen LogP contribution in [0.3, 0.4) is 0 Å². The van der Waals surface area contributed by atoms with Gasteiger partial charge in [-0.3, -0.25) is 9.46 Å². The molecule has 164 valence electrons. The fourth-order valence-electron chi connectivity index (χ4n) is 4.06. The second-order valence-corrected chi connectivity index (χ2v) is 8.70. The Bertz CT molecular complexity index is 1140. The highest BCUT2D eigenvalue weighted by Crippen LogP contribution is 2.33. The molecular formula is C25H25N2O4P. The zero-order chi connectivity index (χ0) is 22.7. The van der Waals surface area contributed by atoms with Crippen molar-refractivity contribution >= 4 is 27.0 Å². The number of rotatable bonds is 5. The number of nitrogens with one attached hydrogen (secondary N) is 1. The maximum Gasteiger partial charge on any atom is 0.337 e. The van der Waals surface area contributed by atoms with E-state index in [1.54, 1.807) is 18.2 Å². The van der Waals surface area contributed by atoms with Gasteiger partial charge in [0.25, 0.3) is 5.91 Å². The Hall–Kier alpha value is -3.21. The third kappa shape index (κ3) is 4.82. The summed E-state index contributed by atoms with van der Waals surface area (Å²) in [5.74, 6) is -1.50. The maximum absolute atomic E-state index is 13.1. The average Bonchev–Trinajstić information content (AvgIpc) is 2.80. The average molecular weight is 448 g/mol. The van der Waals surface area contributed by atoms with Crippen molar-refractivity contribution < 1.29 is 19.8 Å². The molecule has 0 aromatic heterocycles. The van der Waals surface area contributed by atoms with Gasteiger partial charge in [0.15, 0.2) is 0 Å². The highest BCUT2D eigenvalue weighted by molar-refractivity contribution is 7.13. The van der Waals surface area contributed by atoms with Crippen molar-refractivity contribution in [3.8, 4) is 16.9 Å². The largest absolute Gasteiger partial charge is 0.507 e.